The minimum absolute atomic E-state index is 0.156. The molecule has 0 spiro atoms. The van der Waals surface area contributed by atoms with Crippen molar-refractivity contribution in [3.05, 3.63) is 53.6 Å². The van der Waals surface area contributed by atoms with E-state index in [9.17, 15) is 13.2 Å². The average Bonchev–Trinajstić information content (AvgIpc) is 3.28. The lowest BCUT2D eigenvalue weighted by atomic mass is 9.86. The number of ether oxygens (including phenoxy) is 1. The smallest absolute Gasteiger partial charge is 0.269 e. The molecule has 36 heavy (non-hydrogen) atoms. The molecule has 192 valence electrons. The average molecular weight is 547 g/mol. The predicted octanol–water partition coefficient (Wildman–Crippen LogP) is 5.24. The van der Waals surface area contributed by atoms with Crippen LogP contribution in [-0.4, -0.2) is 42.9 Å². The largest absolute Gasteiger partial charge is 0.476 e. The molecule has 0 radical (unpaired) electrons. The van der Waals surface area contributed by atoms with Crippen molar-refractivity contribution in [2.75, 3.05) is 21.9 Å². The van der Waals surface area contributed by atoms with Gasteiger partial charge in [-0.3, -0.25) is 14.4 Å². The molecule has 1 N–H and O–H groups in total. The maximum Gasteiger partial charge on any atom is 0.269 e. The molecular weight excluding hydrogens is 517 g/mol. The summed E-state index contributed by atoms with van der Waals surface area (Å²) in [6.07, 6.45) is -0.0578. The van der Waals surface area contributed by atoms with Gasteiger partial charge in [-0.2, -0.15) is 0 Å². The van der Waals surface area contributed by atoms with Crippen molar-refractivity contribution in [3.8, 4) is 5.75 Å². The van der Waals surface area contributed by atoms with E-state index in [0.29, 0.717) is 16.6 Å². The number of fused-ring (bicyclic) bond motifs is 1. The first-order valence-electron chi connectivity index (χ1n) is 11.7. The Morgan fingerprint density at radius 2 is 1.92 bits per heavy atom. The molecule has 1 aliphatic heterocycles. The molecule has 0 saturated heterocycles. The first kappa shape index (κ1) is 26.4. The maximum atomic E-state index is 13.8. The van der Waals surface area contributed by atoms with Gasteiger partial charge in [0.05, 0.1) is 17.1 Å². The van der Waals surface area contributed by atoms with Gasteiger partial charge in [0.25, 0.3) is 15.9 Å². The number of sulfonamides is 1. The van der Waals surface area contributed by atoms with Gasteiger partial charge in [-0.15, -0.1) is 10.2 Å². The molecule has 1 aliphatic rings. The molecule has 11 heteroatoms. The summed E-state index contributed by atoms with van der Waals surface area (Å²) in [4.78, 5) is 13.3. The van der Waals surface area contributed by atoms with Crippen molar-refractivity contribution < 1.29 is 17.9 Å². The fraction of sp³-hybridized carbons (Fsp3) is 0.400. The number of nitrogens with zero attached hydrogens (tertiary/aromatic N) is 3. The number of carbonyl (C=O) groups excluding carboxylic acids is 1. The van der Waals surface area contributed by atoms with Crippen molar-refractivity contribution in [2.45, 2.75) is 61.8 Å². The number of benzene rings is 2. The van der Waals surface area contributed by atoms with Crippen molar-refractivity contribution >= 4 is 49.8 Å². The molecule has 1 amide bonds. The topological polar surface area (TPSA) is 101 Å². The SMILES string of the molecule is CCCSc1nnc(NC(=O)[C@@H]2CN(S(=O)(=O)c3ccc(C)cc3)c3cc(C(C)(C)C)ccc3O2)s1. The molecule has 4 rings (SSSR count). The Morgan fingerprint density at radius 1 is 1.19 bits per heavy atom. The number of hydrogen-bond donors (Lipinski definition) is 1. The molecule has 0 fully saturated rings. The van der Waals surface area contributed by atoms with Crippen LogP contribution in [0.4, 0.5) is 10.8 Å². The van der Waals surface area contributed by atoms with Crippen LogP contribution in [0.15, 0.2) is 51.7 Å². The van der Waals surface area contributed by atoms with Crippen molar-refractivity contribution in [1.29, 1.82) is 0 Å². The first-order valence-corrected chi connectivity index (χ1v) is 14.9. The third-order valence-electron chi connectivity index (χ3n) is 5.66. The van der Waals surface area contributed by atoms with Crippen LogP contribution < -0.4 is 14.4 Å². The summed E-state index contributed by atoms with van der Waals surface area (Å²) < 4.78 is 35.6. The molecule has 1 aromatic heterocycles. The molecule has 8 nitrogen and oxygen atoms in total. The summed E-state index contributed by atoms with van der Waals surface area (Å²) in [5, 5.41) is 11.2. The van der Waals surface area contributed by atoms with E-state index in [1.807, 2.05) is 19.1 Å². The van der Waals surface area contributed by atoms with Gasteiger partial charge < -0.3 is 4.74 Å². The van der Waals surface area contributed by atoms with Gasteiger partial charge in [-0.1, -0.05) is 74.6 Å². The van der Waals surface area contributed by atoms with Gasteiger partial charge in [0.1, 0.15) is 5.75 Å². The van der Waals surface area contributed by atoms with Gasteiger partial charge in [0.2, 0.25) is 5.13 Å². The van der Waals surface area contributed by atoms with E-state index in [4.69, 9.17) is 4.74 Å². The number of aromatic nitrogens is 2. The number of nitrogens with one attached hydrogen (secondary N) is 1. The van der Waals surface area contributed by atoms with E-state index < -0.39 is 22.0 Å². The fourth-order valence-electron chi connectivity index (χ4n) is 3.61. The summed E-state index contributed by atoms with van der Waals surface area (Å²) in [7, 11) is -3.96. The highest BCUT2D eigenvalue weighted by Gasteiger charge is 2.38. The van der Waals surface area contributed by atoms with Crippen molar-refractivity contribution in [2.24, 2.45) is 0 Å². The van der Waals surface area contributed by atoms with Crippen LogP contribution in [0.5, 0.6) is 5.75 Å². The Balaban J connectivity index is 1.67. The van der Waals surface area contributed by atoms with Crippen LogP contribution in [0.3, 0.4) is 0 Å². The number of thioether (sulfide) groups is 1. The first-order chi connectivity index (χ1) is 17.0. The monoisotopic (exact) mass is 546 g/mol. The Morgan fingerprint density at radius 3 is 2.58 bits per heavy atom. The fourth-order valence-corrected chi connectivity index (χ4v) is 6.76. The van der Waals surface area contributed by atoms with E-state index in [0.717, 1.165) is 27.6 Å². The number of rotatable bonds is 7. The molecule has 2 aromatic carbocycles. The molecule has 0 aliphatic carbocycles. The lowest BCUT2D eigenvalue weighted by molar-refractivity contribution is -0.122. The van der Waals surface area contributed by atoms with Crippen LogP contribution in [0.2, 0.25) is 0 Å². The zero-order valence-corrected chi connectivity index (χ0v) is 23.4. The third kappa shape index (κ3) is 5.68. The second-order valence-electron chi connectivity index (χ2n) is 9.60. The van der Waals surface area contributed by atoms with Gasteiger partial charge in [0, 0.05) is 5.75 Å². The number of anilines is 2. The molecule has 1 atom stereocenters. The van der Waals surface area contributed by atoms with Gasteiger partial charge in [-0.25, -0.2) is 8.42 Å². The van der Waals surface area contributed by atoms with E-state index in [1.54, 1.807) is 42.1 Å². The summed E-state index contributed by atoms with van der Waals surface area (Å²) in [6.45, 7) is 9.98. The van der Waals surface area contributed by atoms with Crippen LogP contribution >= 0.6 is 23.1 Å². The number of hydrogen-bond acceptors (Lipinski definition) is 8. The Bertz CT molecular complexity index is 1350. The zero-order valence-electron chi connectivity index (χ0n) is 20.9. The van der Waals surface area contributed by atoms with Gasteiger partial charge in [-0.05, 0) is 48.6 Å². The van der Waals surface area contributed by atoms with E-state index in [1.165, 1.54) is 15.6 Å². The standard InChI is InChI=1S/C25H30N4O4S3/c1-6-13-34-24-28-27-23(35-24)26-22(30)21-15-29(36(31,32)18-10-7-16(2)8-11-18)19-14-17(25(3,4)5)9-12-20(19)33-21/h7-12,14,21H,6,13,15H2,1-5H3,(H,26,27,30)/t21-/m0/s1. The molecule has 0 unspecified atom stereocenters. The third-order valence-corrected chi connectivity index (χ3v) is 9.63. The van der Waals surface area contributed by atoms with Gasteiger partial charge in [0.15, 0.2) is 10.4 Å². The van der Waals surface area contributed by atoms with Crippen molar-refractivity contribution in [3.63, 3.8) is 0 Å². The molecular formula is C25H30N4O4S3. The molecule has 0 bridgehead atoms. The van der Waals surface area contributed by atoms with Crippen molar-refractivity contribution in [1.82, 2.24) is 10.2 Å². The maximum absolute atomic E-state index is 13.8. The van der Waals surface area contributed by atoms with E-state index >= 15 is 0 Å². The highest BCUT2D eigenvalue weighted by Crippen LogP contribution is 2.40. The minimum Gasteiger partial charge on any atom is -0.476 e. The Labute approximate surface area is 220 Å². The number of amides is 1. The zero-order chi connectivity index (χ0) is 26.1. The van der Waals surface area contributed by atoms with E-state index in [2.05, 4.69) is 43.2 Å². The summed E-state index contributed by atoms with van der Waals surface area (Å²) in [5.41, 5.74) is 2.13. The van der Waals surface area contributed by atoms with Crippen LogP contribution in [0, 0.1) is 6.92 Å². The highest BCUT2D eigenvalue weighted by atomic mass is 32.2. The lowest BCUT2D eigenvalue weighted by Crippen LogP contribution is -2.49. The summed E-state index contributed by atoms with van der Waals surface area (Å²) in [6, 6.07) is 12.1. The van der Waals surface area contributed by atoms with Crippen LogP contribution in [0.25, 0.3) is 0 Å². The number of carbonyl (C=O) groups is 1. The summed E-state index contributed by atoms with van der Waals surface area (Å²) in [5.74, 6) is 0.766. The molecule has 2 heterocycles. The molecule has 3 aromatic rings. The Kier molecular flexibility index (Phi) is 7.63. The highest BCUT2D eigenvalue weighted by molar-refractivity contribution is 8.01. The molecule has 0 saturated carbocycles. The van der Waals surface area contributed by atoms with Gasteiger partial charge >= 0.3 is 0 Å². The van der Waals surface area contributed by atoms with Crippen LogP contribution in [0.1, 0.15) is 45.2 Å². The minimum atomic E-state index is -3.96. The quantitative estimate of drug-likeness (QED) is 0.319. The summed E-state index contributed by atoms with van der Waals surface area (Å²) >= 11 is 2.86. The number of aryl methyl sites for hydroxylation is 1. The lowest BCUT2D eigenvalue weighted by Gasteiger charge is -2.35. The van der Waals surface area contributed by atoms with E-state index in [-0.39, 0.29) is 16.9 Å². The Hall–Kier alpha value is -2.63. The second kappa shape index (κ2) is 10.4. The predicted molar refractivity (Wildman–Crippen MR) is 145 cm³/mol. The second-order valence-corrected chi connectivity index (χ2v) is 13.8. The van der Waals surface area contributed by atoms with Crippen LogP contribution in [-0.2, 0) is 20.2 Å². The normalized spacial score (nSPS) is 15.8.